The maximum absolute atomic E-state index is 13.3. The summed E-state index contributed by atoms with van der Waals surface area (Å²) in [5, 5.41) is 0.735. The summed E-state index contributed by atoms with van der Waals surface area (Å²) < 4.78 is 31.0. The van der Waals surface area contributed by atoms with E-state index in [0.29, 0.717) is 0 Å². The first kappa shape index (κ1) is 12.4. The van der Waals surface area contributed by atoms with Crippen molar-refractivity contribution in [3.8, 4) is 0 Å². The Balaban J connectivity index is 2.08. The first-order chi connectivity index (χ1) is 8.54. The Kier molecular flexibility index (Phi) is 3.24. The molecular formula is C11H9F2NO4. The van der Waals surface area contributed by atoms with Gasteiger partial charge in [0.15, 0.2) is 6.23 Å². The molecule has 1 fully saturated rings. The van der Waals surface area contributed by atoms with Crippen LogP contribution < -0.4 is 0 Å². The molecule has 1 aromatic carbocycles. The van der Waals surface area contributed by atoms with E-state index in [1.165, 1.54) is 7.11 Å². The molecule has 0 aromatic heterocycles. The van der Waals surface area contributed by atoms with Crippen LogP contribution in [0, 0.1) is 11.6 Å². The molecule has 7 heteroatoms. The second-order valence-electron chi connectivity index (χ2n) is 3.57. The average Bonchev–Trinajstić information content (AvgIpc) is 3.07. The predicted molar refractivity (Wildman–Crippen MR) is 54.0 cm³/mol. The van der Waals surface area contributed by atoms with Gasteiger partial charge >= 0.3 is 5.97 Å². The quantitative estimate of drug-likeness (QED) is 0.604. The summed E-state index contributed by atoms with van der Waals surface area (Å²) in [6.07, 6.45) is -1.01. The molecule has 1 aliphatic rings. The molecule has 0 spiro atoms. The Labute approximate surface area is 101 Å². The second kappa shape index (κ2) is 4.69. The van der Waals surface area contributed by atoms with Crippen molar-refractivity contribution in [2.45, 2.75) is 12.6 Å². The monoisotopic (exact) mass is 257 g/mol. The summed E-state index contributed by atoms with van der Waals surface area (Å²) in [6.45, 7) is 0. The lowest BCUT2D eigenvalue weighted by atomic mass is 10.2. The molecule has 1 unspecified atom stereocenters. The predicted octanol–water partition coefficient (Wildman–Crippen LogP) is 1.24. The van der Waals surface area contributed by atoms with Crippen molar-refractivity contribution in [1.29, 1.82) is 0 Å². The van der Waals surface area contributed by atoms with Gasteiger partial charge in [0.2, 0.25) is 0 Å². The van der Waals surface area contributed by atoms with E-state index in [1.54, 1.807) is 0 Å². The molecule has 1 heterocycles. The van der Waals surface area contributed by atoms with E-state index in [0.717, 1.165) is 23.3 Å². The molecule has 5 nitrogen and oxygen atoms in total. The van der Waals surface area contributed by atoms with Crippen LogP contribution in [0.15, 0.2) is 18.2 Å². The molecule has 1 aromatic rings. The Morgan fingerprint density at radius 3 is 2.56 bits per heavy atom. The van der Waals surface area contributed by atoms with Gasteiger partial charge in [0.1, 0.15) is 17.2 Å². The highest BCUT2D eigenvalue weighted by Gasteiger charge is 2.45. The van der Waals surface area contributed by atoms with Gasteiger partial charge < -0.3 is 4.74 Å². The van der Waals surface area contributed by atoms with Crippen LogP contribution in [-0.2, 0) is 14.4 Å². The van der Waals surface area contributed by atoms with E-state index < -0.39 is 35.3 Å². The minimum absolute atomic E-state index is 0.182. The summed E-state index contributed by atoms with van der Waals surface area (Å²) >= 11 is 0. The van der Waals surface area contributed by atoms with Gasteiger partial charge in [0.25, 0.3) is 5.91 Å². The minimum Gasteiger partial charge on any atom is -0.469 e. The van der Waals surface area contributed by atoms with E-state index in [-0.39, 0.29) is 6.42 Å². The van der Waals surface area contributed by atoms with Crippen molar-refractivity contribution in [2.75, 3.05) is 7.11 Å². The third kappa shape index (κ3) is 2.30. The number of amides is 1. The van der Waals surface area contributed by atoms with Crippen molar-refractivity contribution in [3.63, 3.8) is 0 Å². The highest BCUT2D eigenvalue weighted by atomic mass is 19.1. The van der Waals surface area contributed by atoms with Gasteiger partial charge in [-0.25, -0.2) is 13.6 Å². The smallest absolute Gasteiger partial charge is 0.310 e. The molecule has 0 aliphatic carbocycles. The Bertz CT molecular complexity index is 486. The Morgan fingerprint density at radius 1 is 1.39 bits per heavy atom. The number of hydrogen-bond acceptors (Lipinski definition) is 4. The number of nitrogens with zero attached hydrogens (tertiary/aromatic N) is 1. The van der Waals surface area contributed by atoms with E-state index in [9.17, 15) is 18.4 Å². The first-order valence-electron chi connectivity index (χ1n) is 5.05. The zero-order valence-corrected chi connectivity index (χ0v) is 9.35. The number of halogens is 2. The molecule has 96 valence electrons. The molecule has 0 bridgehead atoms. The molecule has 18 heavy (non-hydrogen) atoms. The van der Waals surface area contributed by atoms with Crippen LogP contribution in [0.5, 0.6) is 0 Å². The van der Waals surface area contributed by atoms with Crippen LogP contribution in [0.4, 0.5) is 8.78 Å². The van der Waals surface area contributed by atoms with Crippen molar-refractivity contribution < 1.29 is 27.9 Å². The molecule has 2 rings (SSSR count). The average molecular weight is 257 g/mol. The number of benzene rings is 1. The zero-order valence-electron chi connectivity index (χ0n) is 9.35. The largest absolute Gasteiger partial charge is 0.469 e. The van der Waals surface area contributed by atoms with Crippen molar-refractivity contribution in [3.05, 3.63) is 35.4 Å². The summed E-state index contributed by atoms with van der Waals surface area (Å²) in [7, 11) is 1.19. The third-order valence-corrected chi connectivity index (χ3v) is 2.40. The van der Waals surface area contributed by atoms with E-state index in [1.807, 2.05) is 0 Å². The van der Waals surface area contributed by atoms with E-state index in [4.69, 9.17) is 4.84 Å². The maximum Gasteiger partial charge on any atom is 0.310 e. The standard InChI is InChI=1S/C11H9F2NO4/c1-17-9(15)5-8-14(18-8)11(16)10-6(12)3-2-4-7(10)13/h2-4,8H,5H2,1H3. The summed E-state index contributed by atoms with van der Waals surface area (Å²) in [4.78, 5) is 27.4. The zero-order chi connectivity index (χ0) is 13.3. The number of ether oxygens (including phenoxy) is 1. The highest BCUT2D eigenvalue weighted by Crippen LogP contribution is 2.28. The van der Waals surface area contributed by atoms with Gasteiger partial charge in [0, 0.05) is 0 Å². The molecule has 1 atom stereocenters. The number of carbonyl (C=O) groups is 2. The molecule has 1 aliphatic heterocycles. The lowest BCUT2D eigenvalue weighted by Crippen LogP contribution is -2.18. The lowest BCUT2D eigenvalue weighted by molar-refractivity contribution is -0.140. The molecular weight excluding hydrogens is 248 g/mol. The normalized spacial score (nSPS) is 17.5. The first-order valence-corrected chi connectivity index (χ1v) is 5.05. The number of methoxy groups -OCH3 is 1. The summed E-state index contributed by atoms with van der Waals surface area (Å²) in [5.41, 5.74) is -0.704. The second-order valence-corrected chi connectivity index (χ2v) is 3.57. The third-order valence-electron chi connectivity index (χ3n) is 2.40. The summed E-state index contributed by atoms with van der Waals surface area (Å²) in [6, 6.07) is 3.08. The van der Waals surface area contributed by atoms with Crippen LogP contribution >= 0.6 is 0 Å². The Hall–Kier alpha value is -2.02. The van der Waals surface area contributed by atoms with Gasteiger partial charge in [-0.15, -0.1) is 0 Å². The van der Waals surface area contributed by atoms with Crippen LogP contribution in [0.2, 0.25) is 0 Å². The van der Waals surface area contributed by atoms with E-state index >= 15 is 0 Å². The lowest BCUT2D eigenvalue weighted by Gasteiger charge is -2.02. The maximum atomic E-state index is 13.3. The fourth-order valence-electron chi connectivity index (χ4n) is 1.44. The van der Waals surface area contributed by atoms with Gasteiger partial charge in [-0.2, -0.15) is 5.06 Å². The van der Waals surface area contributed by atoms with Gasteiger partial charge in [0.05, 0.1) is 13.5 Å². The molecule has 1 amide bonds. The number of esters is 1. The van der Waals surface area contributed by atoms with Crippen LogP contribution in [0.1, 0.15) is 16.8 Å². The van der Waals surface area contributed by atoms with E-state index in [2.05, 4.69) is 4.74 Å². The van der Waals surface area contributed by atoms with Gasteiger partial charge in [-0.05, 0) is 12.1 Å². The molecule has 0 saturated carbocycles. The van der Waals surface area contributed by atoms with Crippen molar-refractivity contribution in [1.82, 2.24) is 5.06 Å². The number of rotatable bonds is 3. The fourth-order valence-corrected chi connectivity index (χ4v) is 1.44. The SMILES string of the molecule is COC(=O)CC1ON1C(=O)c1c(F)cccc1F. The topological polar surface area (TPSA) is 58.9 Å². The van der Waals surface area contributed by atoms with Crippen LogP contribution in [0.25, 0.3) is 0 Å². The number of hydrogen-bond donors (Lipinski definition) is 0. The highest BCUT2D eigenvalue weighted by molar-refractivity contribution is 5.95. The molecule has 0 radical (unpaired) electrons. The van der Waals surface area contributed by atoms with Gasteiger partial charge in [-0.3, -0.25) is 9.59 Å². The van der Waals surface area contributed by atoms with Gasteiger partial charge in [-0.1, -0.05) is 6.07 Å². The van der Waals surface area contributed by atoms with Crippen molar-refractivity contribution in [2.24, 2.45) is 0 Å². The number of carbonyl (C=O) groups excluding carboxylic acids is 2. The van der Waals surface area contributed by atoms with Crippen LogP contribution in [-0.4, -0.2) is 30.3 Å². The molecule has 0 N–H and O–H groups in total. The Morgan fingerprint density at radius 2 is 2.00 bits per heavy atom. The van der Waals surface area contributed by atoms with Crippen LogP contribution in [0.3, 0.4) is 0 Å². The minimum atomic E-state index is -0.979. The van der Waals surface area contributed by atoms with Crippen molar-refractivity contribution >= 4 is 11.9 Å². The number of hydroxylamine groups is 2. The summed E-state index contributed by atoms with van der Waals surface area (Å²) in [5.74, 6) is -3.50. The molecule has 1 saturated heterocycles. The fraction of sp³-hybridized carbons (Fsp3) is 0.273.